The molecule has 0 aliphatic rings. The summed E-state index contributed by atoms with van der Waals surface area (Å²) in [6.07, 6.45) is 0. The predicted molar refractivity (Wildman–Crippen MR) is 86.8 cm³/mol. The third kappa shape index (κ3) is 3.91. The zero-order valence-electron chi connectivity index (χ0n) is 12.2. The van der Waals surface area contributed by atoms with Crippen molar-refractivity contribution in [3.05, 3.63) is 51.7 Å². The summed E-state index contributed by atoms with van der Waals surface area (Å²) >= 11 is 1.36. The highest BCUT2D eigenvalue weighted by Gasteiger charge is 2.18. The second-order valence-electron chi connectivity index (χ2n) is 5.13. The summed E-state index contributed by atoms with van der Waals surface area (Å²) in [5, 5.41) is 1.74. The number of nitrogens with two attached hydrogens (primary N) is 1. The van der Waals surface area contributed by atoms with Crippen LogP contribution in [0.15, 0.2) is 40.6 Å². The van der Waals surface area contributed by atoms with Gasteiger partial charge in [0.15, 0.2) is 0 Å². The van der Waals surface area contributed by atoms with E-state index >= 15 is 0 Å². The molecule has 0 bridgehead atoms. The zero-order valence-corrected chi connectivity index (χ0v) is 13.8. The number of hydrogen-bond donors (Lipinski definition) is 2. The summed E-state index contributed by atoms with van der Waals surface area (Å²) in [5.41, 5.74) is 7.74. The minimum Gasteiger partial charge on any atom is -0.326 e. The Morgan fingerprint density at radius 3 is 2.43 bits per heavy atom. The second-order valence-corrected chi connectivity index (χ2v) is 7.87. The molecule has 0 saturated carbocycles. The summed E-state index contributed by atoms with van der Waals surface area (Å²) in [5.74, 6) is 0.466. The van der Waals surface area contributed by atoms with Crippen molar-refractivity contribution in [1.82, 2.24) is 4.72 Å². The molecule has 6 heteroatoms. The Labute approximate surface area is 130 Å². The molecule has 3 N–H and O–H groups in total. The van der Waals surface area contributed by atoms with Crippen LogP contribution in [0.4, 0.5) is 0 Å². The fourth-order valence-corrected chi connectivity index (χ4v) is 4.34. The van der Waals surface area contributed by atoms with Crippen molar-refractivity contribution < 1.29 is 8.42 Å². The van der Waals surface area contributed by atoms with Gasteiger partial charge in [-0.25, -0.2) is 13.1 Å². The van der Waals surface area contributed by atoms with Crippen molar-refractivity contribution in [3.8, 4) is 0 Å². The standard InChI is InChI=1S/C15H20N2O2S2/c1-11(2)13-5-3-12(4-6-13)10-17-21(18,19)15-7-8-20-14(15)9-16/h3-8,11,17H,9-10,16H2,1-2H3. The monoisotopic (exact) mass is 324 g/mol. The topological polar surface area (TPSA) is 72.2 Å². The first-order chi connectivity index (χ1) is 9.94. The maximum atomic E-state index is 12.3. The second kappa shape index (κ2) is 6.70. The first kappa shape index (κ1) is 16.2. The van der Waals surface area contributed by atoms with Crippen molar-refractivity contribution in [2.45, 2.75) is 37.8 Å². The van der Waals surface area contributed by atoms with Crippen molar-refractivity contribution in [2.24, 2.45) is 5.73 Å². The third-order valence-corrected chi connectivity index (χ3v) is 5.85. The van der Waals surface area contributed by atoms with E-state index in [9.17, 15) is 8.42 Å². The minimum atomic E-state index is -3.50. The molecule has 0 amide bonds. The largest absolute Gasteiger partial charge is 0.326 e. The summed E-state index contributed by atoms with van der Waals surface area (Å²) in [6, 6.07) is 9.57. The van der Waals surface area contributed by atoms with Gasteiger partial charge in [-0.15, -0.1) is 11.3 Å². The van der Waals surface area contributed by atoms with E-state index in [0.29, 0.717) is 10.8 Å². The lowest BCUT2D eigenvalue weighted by Crippen LogP contribution is -2.24. The first-order valence-corrected chi connectivity index (χ1v) is 9.15. The van der Waals surface area contributed by atoms with Gasteiger partial charge in [0.25, 0.3) is 0 Å². The molecule has 0 saturated heterocycles. The highest BCUT2D eigenvalue weighted by atomic mass is 32.2. The highest BCUT2D eigenvalue weighted by Crippen LogP contribution is 2.21. The van der Waals surface area contributed by atoms with Crippen LogP contribution in [-0.2, 0) is 23.1 Å². The van der Waals surface area contributed by atoms with E-state index in [2.05, 4.69) is 18.6 Å². The molecular formula is C15H20N2O2S2. The lowest BCUT2D eigenvalue weighted by Gasteiger charge is -2.09. The predicted octanol–water partition coefficient (Wildman–Crippen LogP) is 2.81. The van der Waals surface area contributed by atoms with Crippen LogP contribution in [0.2, 0.25) is 0 Å². The molecule has 0 spiro atoms. The van der Waals surface area contributed by atoms with Crippen molar-refractivity contribution in [1.29, 1.82) is 0 Å². The van der Waals surface area contributed by atoms with Crippen LogP contribution in [0.1, 0.15) is 35.8 Å². The van der Waals surface area contributed by atoms with Crippen LogP contribution in [0, 0.1) is 0 Å². The molecule has 1 aromatic carbocycles. The van der Waals surface area contributed by atoms with Crippen LogP contribution in [0.25, 0.3) is 0 Å². The molecule has 0 unspecified atom stereocenters. The van der Waals surface area contributed by atoms with E-state index in [1.54, 1.807) is 11.4 Å². The zero-order chi connectivity index (χ0) is 15.5. The molecular weight excluding hydrogens is 304 g/mol. The van der Waals surface area contributed by atoms with Gasteiger partial charge in [0.05, 0.1) is 4.90 Å². The van der Waals surface area contributed by atoms with E-state index in [0.717, 1.165) is 5.56 Å². The van der Waals surface area contributed by atoms with Gasteiger partial charge >= 0.3 is 0 Å². The molecule has 114 valence electrons. The Morgan fingerprint density at radius 1 is 1.19 bits per heavy atom. The fourth-order valence-electron chi connectivity index (χ4n) is 1.99. The molecule has 0 aliphatic carbocycles. The lowest BCUT2D eigenvalue weighted by atomic mass is 10.0. The van der Waals surface area contributed by atoms with Crippen LogP contribution in [-0.4, -0.2) is 8.42 Å². The summed E-state index contributed by atoms with van der Waals surface area (Å²) < 4.78 is 27.1. The van der Waals surface area contributed by atoms with Crippen LogP contribution in [0.5, 0.6) is 0 Å². The molecule has 4 nitrogen and oxygen atoms in total. The third-order valence-electron chi connectivity index (χ3n) is 3.29. The molecule has 0 radical (unpaired) electrons. The average molecular weight is 324 g/mol. The average Bonchev–Trinajstić information content (AvgIpc) is 2.95. The number of benzene rings is 1. The summed E-state index contributed by atoms with van der Waals surface area (Å²) in [4.78, 5) is 0.964. The molecule has 2 aromatic rings. The quantitative estimate of drug-likeness (QED) is 0.858. The number of rotatable bonds is 6. The van der Waals surface area contributed by atoms with Crippen molar-refractivity contribution in [2.75, 3.05) is 0 Å². The van der Waals surface area contributed by atoms with Gasteiger partial charge < -0.3 is 5.73 Å². The molecule has 0 atom stereocenters. The van der Waals surface area contributed by atoms with Gasteiger partial charge in [-0.3, -0.25) is 0 Å². The molecule has 1 heterocycles. The molecule has 2 rings (SSSR count). The Hall–Kier alpha value is -1.21. The van der Waals surface area contributed by atoms with Crippen molar-refractivity contribution >= 4 is 21.4 Å². The van der Waals surface area contributed by atoms with Gasteiger partial charge in [0, 0.05) is 18.0 Å². The lowest BCUT2D eigenvalue weighted by molar-refractivity contribution is 0.580. The molecule has 0 aliphatic heterocycles. The first-order valence-electron chi connectivity index (χ1n) is 6.79. The van der Waals surface area contributed by atoms with Gasteiger partial charge in [0.1, 0.15) is 0 Å². The maximum Gasteiger partial charge on any atom is 0.242 e. The Balaban J connectivity index is 2.08. The number of sulfonamides is 1. The van der Waals surface area contributed by atoms with Gasteiger partial charge in [0.2, 0.25) is 10.0 Å². The summed E-state index contributed by atoms with van der Waals surface area (Å²) in [6.45, 7) is 4.77. The summed E-state index contributed by atoms with van der Waals surface area (Å²) in [7, 11) is -3.50. The maximum absolute atomic E-state index is 12.3. The SMILES string of the molecule is CC(C)c1ccc(CNS(=O)(=O)c2ccsc2CN)cc1. The van der Waals surface area contributed by atoms with Crippen molar-refractivity contribution in [3.63, 3.8) is 0 Å². The Bertz CT molecular complexity index is 689. The van der Waals surface area contributed by atoms with Gasteiger partial charge in [-0.2, -0.15) is 0 Å². The van der Waals surface area contributed by atoms with E-state index < -0.39 is 10.0 Å². The highest BCUT2D eigenvalue weighted by molar-refractivity contribution is 7.89. The fraction of sp³-hybridized carbons (Fsp3) is 0.333. The van der Waals surface area contributed by atoms with E-state index in [-0.39, 0.29) is 18.0 Å². The van der Waals surface area contributed by atoms with Crippen LogP contribution >= 0.6 is 11.3 Å². The van der Waals surface area contributed by atoms with Gasteiger partial charge in [-0.1, -0.05) is 38.1 Å². The van der Waals surface area contributed by atoms with E-state index in [1.807, 2.05) is 24.3 Å². The van der Waals surface area contributed by atoms with Crippen LogP contribution in [0.3, 0.4) is 0 Å². The smallest absolute Gasteiger partial charge is 0.242 e. The molecule has 21 heavy (non-hydrogen) atoms. The minimum absolute atomic E-state index is 0.233. The van der Waals surface area contributed by atoms with E-state index in [4.69, 9.17) is 5.73 Å². The number of thiophene rings is 1. The normalized spacial score (nSPS) is 12.0. The number of hydrogen-bond acceptors (Lipinski definition) is 4. The van der Waals surface area contributed by atoms with Gasteiger partial charge in [-0.05, 0) is 28.5 Å². The molecule has 1 aromatic heterocycles. The number of nitrogens with one attached hydrogen (secondary N) is 1. The Morgan fingerprint density at radius 2 is 1.86 bits per heavy atom. The Kier molecular flexibility index (Phi) is 5.16. The molecule has 0 fully saturated rings. The van der Waals surface area contributed by atoms with Crippen LogP contribution < -0.4 is 10.5 Å². The van der Waals surface area contributed by atoms with E-state index in [1.165, 1.54) is 16.9 Å².